The van der Waals surface area contributed by atoms with Crippen LogP contribution in [0, 0.1) is 5.92 Å². The quantitative estimate of drug-likeness (QED) is 0.310. The molecule has 3 N–H and O–H groups in total. The summed E-state index contributed by atoms with van der Waals surface area (Å²) in [7, 11) is 0. The Morgan fingerprint density at radius 2 is 1.88 bits per heavy atom. The molecule has 0 bridgehead atoms. The van der Waals surface area contributed by atoms with E-state index in [0.717, 1.165) is 36.6 Å². The maximum atomic E-state index is 12.0. The van der Waals surface area contributed by atoms with E-state index in [0.29, 0.717) is 12.6 Å². The molecule has 0 aliphatic carbocycles. The van der Waals surface area contributed by atoms with E-state index in [-0.39, 0.29) is 35.8 Å². The van der Waals surface area contributed by atoms with Gasteiger partial charge in [0, 0.05) is 24.2 Å². The van der Waals surface area contributed by atoms with Gasteiger partial charge in [-0.1, -0.05) is 32.9 Å². The lowest BCUT2D eigenvalue weighted by Crippen LogP contribution is -2.41. The maximum Gasteiger partial charge on any atom is 0.227 e. The second-order valence-electron chi connectivity index (χ2n) is 6.15. The minimum absolute atomic E-state index is 0. The van der Waals surface area contributed by atoms with Crippen molar-refractivity contribution in [3.05, 3.63) is 29.8 Å². The maximum absolute atomic E-state index is 12.0. The summed E-state index contributed by atoms with van der Waals surface area (Å²) in [6.07, 6.45) is 1.88. The van der Waals surface area contributed by atoms with Gasteiger partial charge in [-0.05, 0) is 44.4 Å². The number of anilines is 1. The Hall–Kier alpha value is -1.31. The van der Waals surface area contributed by atoms with Crippen LogP contribution >= 0.6 is 24.0 Å². The Morgan fingerprint density at radius 1 is 1.16 bits per heavy atom. The van der Waals surface area contributed by atoms with Gasteiger partial charge in [-0.25, -0.2) is 4.99 Å². The zero-order chi connectivity index (χ0) is 17.9. The van der Waals surface area contributed by atoms with Crippen LogP contribution in [0.1, 0.15) is 53.0 Å². The Kier molecular flexibility index (Phi) is 12.3. The van der Waals surface area contributed by atoms with Crippen LogP contribution in [0.4, 0.5) is 5.69 Å². The fraction of sp³-hybridized carbons (Fsp3) is 0.579. The normalized spacial score (nSPS) is 13.4. The second kappa shape index (κ2) is 13.0. The summed E-state index contributed by atoms with van der Waals surface area (Å²) in [6, 6.07) is 8.25. The topological polar surface area (TPSA) is 65.5 Å². The van der Waals surface area contributed by atoms with Crippen molar-refractivity contribution in [2.24, 2.45) is 10.9 Å². The number of aliphatic imine (C=N–C) groups is 1. The molecule has 142 valence electrons. The highest BCUT2D eigenvalue weighted by molar-refractivity contribution is 14.0. The molecule has 2 atom stereocenters. The highest BCUT2D eigenvalue weighted by Crippen LogP contribution is 2.13. The number of carbonyl (C=O) groups is 1. The summed E-state index contributed by atoms with van der Waals surface area (Å²) in [4.78, 5) is 16.6. The van der Waals surface area contributed by atoms with Crippen LogP contribution in [0.5, 0.6) is 0 Å². The van der Waals surface area contributed by atoms with E-state index in [1.807, 2.05) is 38.1 Å². The van der Waals surface area contributed by atoms with Crippen molar-refractivity contribution in [2.75, 3.05) is 11.9 Å². The minimum Gasteiger partial charge on any atom is -0.357 e. The van der Waals surface area contributed by atoms with Gasteiger partial charge in [0.2, 0.25) is 5.91 Å². The molecule has 0 aliphatic heterocycles. The molecule has 1 amide bonds. The smallest absolute Gasteiger partial charge is 0.227 e. The molecule has 0 saturated carbocycles. The third-order valence-electron chi connectivity index (χ3n) is 4.01. The second-order valence-corrected chi connectivity index (χ2v) is 6.15. The number of guanidine groups is 1. The molecular formula is C19H33IN4O. The molecular weight excluding hydrogens is 427 g/mol. The standard InChI is InChI=1S/C19H32N4O.HI/c1-6-14(4)18(24)23-17-11-9-10-16(12-17)13-21-19(20-8-3)22-15(5)7-2;/h9-12,14-15H,6-8,13H2,1-5H3,(H,23,24)(H2,20,21,22);1H. The number of carbonyl (C=O) groups excluding carboxylic acids is 1. The van der Waals surface area contributed by atoms with Gasteiger partial charge in [-0.15, -0.1) is 24.0 Å². The number of halogens is 1. The van der Waals surface area contributed by atoms with E-state index in [1.54, 1.807) is 0 Å². The van der Waals surface area contributed by atoms with Crippen LogP contribution in [-0.4, -0.2) is 24.5 Å². The van der Waals surface area contributed by atoms with Crippen molar-refractivity contribution in [1.82, 2.24) is 10.6 Å². The van der Waals surface area contributed by atoms with Gasteiger partial charge in [0.1, 0.15) is 0 Å². The van der Waals surface area contributed by atoms with Crippen molar-refractivity contribution in [1.29, 1.82) is 0 Å². The lowest BCUT2D eigenvalue weighted by atomic mass is 10.1. The summed E-state index contributed by atoms with van der Waals surface area (Å²) in [5, 5.41) is 9.60. The van der Waals surface area contributed by atoms with Crippen LogP contribution in [0.2, 0.25) is 0 Å². The minimum atomic E-state index is 0. The van der Waals surface area contributed by atoms with Gasteiger partial charge < -0.3 is 16.0 Å². The van der Waals surface area contributed by atoms with Crippen LogP contribution < -0.4 is 16.0 Å². The van der Waals surface area contributed by atoms with Crippen molar-refractivity contribution in [3.63, 3.8) is 0 Å². The first-order valence-corrected chi connectivity index (χ1v) is 8.94. The number of rotatable bonds is 8. The van der Waals surface area contributed by atoms with E-state index < -0.39 is 0 Å². The highest BCUT2D eigenvalue weighted by Gasteiger charge is 2.10. The molecule has 0 spiro atoms. The number of nitrogens with zero attached hydrogens (tertiary/aromatic N) is 1. The monoisotopic (exact) mass is 460 g/mol. The van der Waals surface area contributed by atoms with Crippen molar-refractivity contribution >= 4 is 41.5 Å². The largest absolute Gasteiger partial charge is 0.357 e. The van der Waals surface area contributed by atoms with Gasteiger partial charge in [-0.2, -0.15) is 0 Å². The molecule has 0 heterocycles. The van der Waals surface area contributed by atoms with Gasteiger partial charge in [0.05, 0.1) is 6.54 Å². The van der Waals surface area contributed by atoms with E-state index in [4.69, 9.17) is 0 Å². The lowest BCUT2D eigenvalue weighted by molar-refractivity contribution is -0.119. The summed E-state index contributed by atoms with van der Waals surface area (Å²) in [6.45, 7) is 11.7. The zero-order valence-corrected chi connectivity index (χ0v) is 18.4. The summed E-state index contributed by atoms with van der Waals surface area (Å²) in [5.41, 5.74) is 1.89. The van der Waals surface area contributed by atoms with Crippen LogP contribution in [0.3, 0.4) is 0 Å². The summed E-state index contributed by atoms with van der Waals surface area (Å²) in [5.74, 6) is 0.901. The zero-order valence-electron chi connectivity index (χ0n) is 16.1. The molecule has 5 nitrogen and oxygen atoms in total. The van der Waals surface area contributed by atoms with Gasteiger partial charge in [0.15, 0.2) is 5.96 Å². The first kappa shape index (κ1) is 23.7. The number of hydrogen-bond donors (Lipinski definition) is 3. The molecule has 1 aromatic rings. The molecule has 0 fully saturated rings. The molecule has 0 saturated heterocycles. The molecule has 6 heteroatoms. The molecule has 25 heavy (non-hydrogen) atoms. The number of benzene rings is 1. The highest BCUT2D eigenvalue weighted by atomic mass is 127. The van der Waals surface area contributed by atoms with E-state index in [2.05, 4.69) is 41.7 Å². The van der Waals surface area contributed by atoms with Crippen molar-refractivity contribution in [2.45, 2.75) is 60.0 Å². The van der Waals surface area contributed by atoms with Gasteiger partial charge in [-0.3, -0.25) is 4.79 Å². The molecule has 0 radical (unpaired) electrons. The van der Waals surface area contributed by atoms with E-state index in [9.17, 15) is 4.79 Å². The van der Waals surface area contributed by atoms with E-state index >= 15 is 0 Å². The summed E-state index contributed by atoms with van der Waals surface area (Å²) < 4.78 is 0. The van der Waals surface area contributed by atoms with Gasteiger partial charge in [0.25, 0.3) is 0 Å². The molecule has 2 unspecified atom stereocenters. The van der Waals surface area contributed by atoms with Gasteiger partial charge >= 0.3 is 0 Å². The van der Waals surface area contributed by atoms with Crippen molar-refractivity contribution < 1.29 is 4.79 Å². The Bertz CT molecular complexity index is 548. The van der Waals surface area contributed by atoms with Crippen LogP contribution in [-0.2, 0) is 11.3 Å². The van der Waals surface area contributed by atoms with E-state index in [1.165, 1.54) is 0 Å². The molecule has 1 aromatic carbocycles. The van der Waals surface area contributed by atoms with Crippen LogP contribution in [0.25, 0.3) is 0 Å². The Balaban J connectivity index is 0.00000576. The fourth-order valence-corrected chi connectivity index (χ4v) is 2.02. The average Bonchev–Trinajstić information content (AvgIpc) is 2.59. The van der Waals surface area contributed by atoms with Crippen LogP contribution in [0.15, 0.2) is 29.3 Å². The predicted molar refractivity (Wildman–Crippen MR) is 118 cm³/mol. The number of hydrogen-bond acceptors (Lipinski definition) is 2. The average molecular weight is 460 g/mol. The SMILES string of the molecule is CCNC(=NCc1cccc(NC(=O)C(C)CC)c1)NC(C)CC.I. The predicted octanol–water partition coefficient (Wildman–Crippen LogP) is 4.14. The van der Waals surface area contributed by atoms with Crippen molar-refractivity contribution in [3.8, 4) is 0 Å². The Labute approximate surface area is 169 Å². The fourth-order valence-electron chi connectivity index (χ4n) is 2.02. The first-order chi connectivity index (χ1) is 11.5. The summed E-state index contributed by atoms with van der Waals surface area (Å²) >= 11 is 0. The molecule has 0 aromatic heterocycles. The number of amides is 1. The third kappa shape index (κ3) is 9.09. The molecule has 1 rings (SSSR count). The first-order valence-electron chi connectivity index (χ1n) is 8.94. The third-order valence-corrected chi connectivity index (χ3v) is 4.01. The molecule has 0 aliphatic rings. The Morgan fingerprint density at radius 3 is 2.48 bits per heavy atom. The number of nitrogens with one attached hydrogen (secondary N) is 3. The lowest BCUT2D eigenvalue weighted by Gasteiger charge is -2.16.